The Kier molecular flexibility index (Phi) is 2.04. The zero-order valence-corrected chi connectivity index (χ0v) is 6.96. The van der Waals surface area contributed by atoms with Gasteiger partial charge >= 0.3 is 0 Å². The van der Waals surface area contributed by atoms with Gasteiger partial charge in [-0.3, -0.25) is 4.79 Å². The van der Waals surface area contributed by atoms with Crippen LogP contribution < -0.4 is 5.43 Å². The Morgan fingerprint density at radius 2 is 1.58 bits per heavy atom. The molecule has 0 atom stereocenters. The highest BCUT2D eigenvalue weighted by molar-refractivity contribution is 5.41. The minimum absolute atomic E-state index is 0.370. The average Bonchev–Trinajstić information content (AvgIpc) is 2.07. The molecule has 3 heteroatoms. The van der Waals surface area contributed by atoms with Crippen LogP contribution in [0.5, 0.6) is 11.5 Å². The van der Waals surface area contributed by atoms with Crippen LogP contribution in [0.2, 0.25) is 0 Å². The Labute approximate surface area is 69.9 Å². The molecule has 0 amide bonds. The van der Waals surface area contributed by atoms with Crippen LogP contribution in [0.4, 0.5) is 0 Å². The van der Waals surface area contributed by atoms with Crippen molar-refractivity contribution in [3.05, 3.63) is 33.5 Å². The van der Waals surface area contributed by atoms with Crippen molar-refractivity contribution in [2.45, 2.75) is 13.8 Å². The molecule has 3 nitrogen and oxygen atoms in total. The van der Waals surface area contributed by atoms with Gasteiger partial charge in [-0.15, -0.1) is 0 Å². The van der Waals surface area contributed by atoms with E-state index in [4.69, 9.17) is 10.2 Å². The van der Waals surface area contributed by atoms with Crippen LogP contribution in [0, 0.1) is 13.8 Å². The van der Waals surface area contributed by atoms with E-state index in [0.717, 1.165) is 11.1 Å². The number of rotatable bonds is 0. The minimum atomic E-state index is -0.591. The smallest absolute Gasteiger partial charge is 0.224 e. The predicted octanol–water partition coefficient (Wildman–Crippen LogP) is 1.07. The van der Waals surface area contributed by atoms with Gasteiger partial charge in [0.25, 0.3) is 0 Å². The average molecular weight is 166 g/mol. The Balaban J connectivity index is 3.67. The van der Waals surface area contributed by atoms with Crippen LogP contribution in [0.15, 0.2) is 16.9 Å². The monoisotopic (exact) mass is 166 g/mol. The van der Waals surface area contributed by atoms with Crippen LogP contribution in [0.1, 0.15) is 11.1 Å². The molecule has 64 valence electrons. The molecule has 0 aliphatic carbocycles. The second kappa shape index (κ2) is 2.85. The third-order valence-electron chi connectivity index (χ3n) is 1.80. The van der Waals surface area contributed by atoms with Crippen LogP contribution in [-0.4, -0.2) is 10.2 Å². The predicted molar refractivity (Wildman–Crippen MR) is 45.5 cm³/mol. The number of hydrogen-bond donors (Lipinski definition) is 2. The highest BCUT2D eigenvalue weighted by Crippen LogP contribution is 2.20. The SMILES string of the molecule is Cc1cc(O)c(O)c(=O)cc1C. The summed E-state index contributed by atoms with van der Waals surface area (Å²) in [6.45, 7) is 3.50. The first-order chi connectivity index (χ1) is 5.52. The van der Waals surface area contributed by atoms with Crippen molar-refractivity contribution in [3.63, 3.8) is 0 Å². The van der Waals surface area contributed by atoms with E-state index in [0.29, 0.717) is 0 Å². The summed E-state index contributed by atoms with van der Waals surface area (Å²) in [5.41, 5.74) is 0.957. The van der Waals surface area contributed by atoms with Crippen LogP contribution in [0.25, 0.3) is 0 Å². The van der Waals surface area contributed by atoms with Crippen LogP contribution in [-0.2, 0) is 0 Å². The van der Waals surface area contributed by atoms with Crippen LogP contribution in [0.3, 0.4) is 0 Å². The summed E-state index contributed by atoms with van der Waals surface area (Å²) >= 11 is 0. The quantitative estimate of drug-likeness (QED) is 0.606. The van der Waals surface area contributed by atoms with Gasteiger partial charge in [0, 0.05) is 0 Å². The van der Waals surface area contributed by atoms with Gasteiger partial charge in [0.05, 0.1) is 0 Å². The van der Waals surface area contributed by atoms with E-state index < -0.39 is 11.2 Å². The first-order valence-electron chi connectivity index (χ1n) is 3.56. The van der Waals surface area contributed by atoms with Gasteiger partial charge in [0.1, 0.15) is 0 Å². The summed E-state index contributed by atoms with van der Waals surface area (Å²) in [5.74, 6) is -0.961. The molecule has 1 aromatic carbocycles. The lowest BCUT2D eigenvalue weighted by Gasteiger charge is -1.89. The van der Waals surface area contributed by atoms with Crippen molar-refractivity contribution in [2.75, 3.05) is 0 Å². The van der Waals surface area contributed by atoms with E-state index in [1.165, 1.54) is 12.1 Å². The first-order valence-corrected chi connectivity index (χ1v) is 3.56. The van der Waals surface area contributed by atoms with E-state index in [2.05, 4.69) is 0 Å². The lowest BCUT2D eigenvalue weighted by molar-refractivity contribution is 0.401. The lowest BCUT2D eigenvalue weighted by Crippen LogP contribution is -1.93. The van der Waals surface area contributed by atoms with Crippen molar-refractivity contribution in [2.24, 2.45) is 0 Å². The molecule has 0 aliphatic heterocycles. The first kappa shape index (κ1) is 8.59. The number of hydrogen-bond acceptors (Lipinski definition) is 3. The highest BCUT2D eigenvalue weighted by atomic mass is 16.3. The fourth-order valence-electron chi connectivity index (χ4n) is 0.892. The largest absolute Gasteiger partial charge is 0.504 e. The van der Waals surface area contributed by atoms with Gasteiger partial charge in [-0.25, -0.2) is 0 Å². The second-order valence-electron chi connectivity index (χ2n) is 2.75. The Morgan fingerprint density at radius 1 is 1.08 bits per heavy atom. The molecular formula is C9H10O3. The summed E-state index contributed by atoms with van der Waals surface area (Å²) in [4.78, 5) is 11.0. The maximum absolute atomic E-state index is 11.0. The summed E-state index contributed by atoms with van der Waals surface area (Å²) < 4.78 is 0. The zero-order chi connectivity index (χ0) is 9.30. The van der Waals surface area contributed by atoms with Crippen molar-refractivity contribution < 1.29 is 10.2 Å². The molecule has 0 heterocycles. The van der Waals surface area contributed by atoms with Crippen LogP contribution >= 0.6 is 0 Å². The van der Waals surface area contributed by atoms with Gasteiger partial charge in [-0.05, 0) is 37.1 Å². The summed E-state index contributed by atoms with van der Waals surface area (Å²) in [6, 6.07) is 2.66. The highest BCUT2D eigenvalue weighted by Gasteiger charge is 2.03. The van der Waals surface area contributed by atoms with Crippen molar-refractivity contribution in [3.8, 4) is 11.5 Å². The minimum Gasteiger partial charge on any atom is -0.504 e. The fourth-order valence-corrected chi connectivity index (χ4v) is 0.892. The van der Waals surface area contributed by atoms with Crippen molar-refractivity contribution >= 4 is 0 Å². The summed E-state index contributed by atoms with van der Waals surface area (Å²) in [5, 5.41) is 18.2. The maximum Gasteiger partial charge on any atom is 0.224 e. The standard InChI is InChI=1S/C9H10O3/c1-5-3-7(10)9(12)8(11)4-6(5)2/h3-4H,1-2H3,(H2,10,11,12). The van der Waals surface area contributed by atoms with Gasteiger partial charge in [0.15, 0.2) is 5.75 Å². The normalized spacial score (nSPS) is 9.83. The van der Waals surface area contributed by atoms with Crippen molar-refractivity contribution in [1.82, 2.24) is 0 Å². The zero-order valence-electron chi connectivity index (χ0n) is 6.96. The fraction of sp³-hybridized carbons (Fsp3) is 0.222. The van der Waals surface area contributed by atoms with Gasteiger partial charge < -0.3 is 10.2 Å². The Morgan fingerprint density at radius 3 is 2.17 bits per heavy atom. The van der Waals surface area contributed by atoms with E-state index >= 15 is 0 Å². The topological polar surface area (TPSA) is 57.5 Å². The third-order valence-corrected chi connectivity index (χ3v) is 1.80. The molecule has 1 aromatic rings. The van der Waals surface area contributed by atoms with Crippen molar-refractivity contribution in [1.29, 1.82) is 0 Å². The number of aromatic hydroxyl groups is 2. The molecule has 0 aliphatic rings. The molecule has 12 heavy (non-hydrogen) atoms. The molecule has 0 saturated carbocycles. The molecule has 0 saturated heterocycles. The maximum atomic E-state index is 11.0. The van der Waals surface area contributed by atoms with Gasteiger partial charge in [-0.1, -0.05) is 0 Å². The molecule has 1 rings (SSSR count). The molecule has 0 spiro atoms. The molecule has 0 radical (unpaired) electrons. The lowest BCUT2D eigenvalue weighted by atomic mass is 10.2. The van der Waals surface area contributed by atoms with Gasteiger partial charge in [0.2, 0.25) is 11.2 Å². The molecule has 2 N–H and O–H groups in total. The second-order valence-corrected chi connectivity index (χ2v) is 2.75. The van der Waals surface area contributed by atoms with Gasteiger partial charge in [-0.2, -0.15) is 0 Å². The molecule has 0 unspecified atom stereocenters. The molecule has 0 bridgehead atoms. The summed E-state index contributed by atoms with van der Waals surface area (Å²) in [7, 11) is 0. The third kappa shape index (κ3) is 1.39. The molecule has 0 aromatic heterocycles. The molecule has 0 fully saturated rings. The van der Waals surface area contributed by atoms with E-state index in [-0.39, 0.29) is 5.75 Å². The molecular weight excluding hydrogens is 156 g/mol. The Hall–Kier alpha value is -1.51. The van der Waals surface area contributed by atoms with E-state index in [1.54, 1.807) is 13.8 Å². The Bertz CT molecular complexity index is 369. The summed E-state index contributed by atoms with van der Waals surface area (Å²) in [6.07, 6.45) is 0. The van der Waals surface area contributed by atoms with E-state index in [9.17, 15) is 4.79 Å². The number of aryl methyl sites for hydroxylation is 2. The van der Waals surface area contributed by atoms with E-state index in [1.807, 2.05) is 0 Å².